The smallest absolute Gasteiger partial charge is 0.161 e. The average molecular weight is 258 g/mol. The lowest BCUT2D eigenvalue weighted by Crippen LogP contribution is -2.13. The molecule has 2 N–H and O–H groups in total. The minimum atomic E-state index is -0.0813. The number of nitrogens with zero attached hydrogens (tertiary/aromatic N) is 1. The quantitative estimate of drug-likeness (QED) is 0.894. The zero-order chi connectivity index (χ0) is 13.7. The van der Waals surface area contributed by atoms with Crippen LogP contribution in [0.15, 0.2) is 42.7 Å². The molecule has 0 aliphatic rings. The molecule has 0 aliphatic heterocycles. The number of hydrogen-bond donors (Lipinski definition) is 1. The molecule has 1 atom stereocenters. The van der Waals surface area contributed by atoms with Gasteiger partial charge in [-0.2, -0.15) is 0 Å². The van der Waals surface area contributed by atoms with Gasteiger partial charge in [-0.15, -0.1) is 0 Å². The standard InChI is InChI=1S/C15H18N2O2/c1-18-14-4-3-12(10-15(14)19-2)13(16)9-11-5-7-17-8-6-11/h3-8,10,13H,9,16H2,1-2H3. The maximum atomic E-state index is 6.23. The van der Waals surface area contributed by atoms with Crippen molar-refractivity contribution >= 4 is 0 Å². The monoisotopic (exact) mass is 258 g/mol. The first kappa shape index (κ1) is 13.4. The maximum absolute atomic E-state index is 6.23. The van der Waals surface area contributed by atoms with E-state index in [0.29, 0.717) is 11.5 Å². The molecule has 4 heteroatoms. The highest BCUT2D eigenvalue weighted by molar-refractivity contribution is 5.44. The number of aromatic nitrogens is 1. The Morgan fingerprint density at radius 3 is 2.37 bits per heavy atom. The third kappa shape index (κ3) is 3.23. The lowest BCUT2D eigenvalue weighted by molar-refractivity contribution is 0.354. The van der Waals surface area contributed by atoms with Gasteiger partial charge in [-0.3, -0.25) is 4.98 Å². The van der Waals surface area contributed by atoms with E-state index in [2.05, 4.69) is 4.98 Å². The first-order chi connectivity index (χ1) is 9.24. The van der Waals surface area contributed by atoms with E-state index >= 15 is 0 Å². The summed E-state index contributed by atoms with van der Waals surface area (Å²) < 4.78 is 10.5. The topological polar surface area (TPSA) is 57.4 Å². The molecular weight excluding hydrogens is 240 g/mol. The minimum absolute atomic E-state index is 0.0813. The molecule has 0 fully saturated rings. The summed E-state index contributed by atoms with van der Waals surface area (Å²) in [6.07, 6.45) is 4.31. The van der Waals surface area contributed by atoms with E-state index in [1.54, 1.807) is 26.6 Å². The number of methoxy groups -OCH3 is 2. The van der Waals surface area contributed by atoms with Gasteiger partial charge in [-0.05, 0) is 41.8 Å². The van der Waals surface area contributed by atoms with Crippen molar-refractivity contribution in [1.82, 2.24) is 4.98 Å². The van der Waals surface area contributed by atoms with Gasteiger partial charge in [0.1, 0.15) is 0 Å². The van der Waals surface area contributed by atoms with Crippen LogP contribution in [0.5, 0.6) is 11.5 Å². The molecule has 0 spiro atoms. The Morgan fingerprint density at radius 2 is 1.74 bits per heavy atom. The van der Waals surface area contributed by atoms with E-state index in [0.717, 1.165) is 17.5 Å². The molecule has 1 aromatic carbocycles. The molecule has 0 radical (unpaired) electrons. The summed E-state index contributed by atoms with van der Waals surface area (Å²) >= 11 is 0. The number of hydrogen-bond acceptors (Lipinski definition) is 4. The van der Waals surface area contributed by atoms with Gasteiger partial charge in [0.05, 0.1) is 14.2 Å². The minimum Gasteiger partial charge on any atom is -0.493 e. The third-order valence-corrected chi connectivity index (χ3v) is 3.04. The highest BCUT2D eigenvalue weighted by Crippen LogP contribution is 2.30. The molecule has 0 amide bonds. The Hall–Kier alpha value is -2.07. The summed E-state index contributed by atoms with van der Waals surface area (Å²) in [5.74, 6) is 1.41. The highest BCUT2D eigenvalue weighted by atomic mass is 16.5. The fourth-order valence-corrected chi connectivity index (χ4v) is 1.97. The van der Waals surface area contributed by atoms with Gasteiger partial charge in [0, 0.05) is 18.4 Å². The number of ether oxygens (including phenoxy) is 2. The second-order valence-electron chi connectivity index (χ2n) is 4.28. The highest BCUT2D eigenvalue weighted by Gasteiger charge is 2.11. The van der Waals surface area contributed by atoms with E-state index in [4.69, 9.17) is 15.2 Å². The molecule has 0 aliphatic carbocycles. The largest absolute Gasteiger partial charge is 0.493 e. The SMILES string of the molecule is COc1ccc(C(N)Cc2ccncc2)cc1OC. The number of nitrogens with two attached hydrogens (primary N) is 1. The molecule has 0 saturated heterocycles. The lowest BCUT2D eigenvalue weighted by Gasteiger charge is -2.15. The molecular formula is C15H18N2O2. The fraction of sp³-hybridized carbons (Fsp3) is 0.267. The van der Waals surface area contributed by atoms with Crippen LogP contribution >= 0.6 is 0 Å². The second kappa shape index (κ2) is 6.20. The molecule has 0 saturated carbocycles. The van der Waals surface area contributed by atoms with Crippen LogP contribution in [0.2, 0.25) is 0 Å². The number of pyridine rings is 1. The van der Waals surface area contributed by atoms with Gasteiger partial charge < -0.3 is 15.2 Å². The molecule has 100 valence electrons. The van der Waals surface area contributed by atoms with E-state index in [9.17, 15) is 0 Å². The first-order valence-corrected chi connectivity index (χ1v) is 6.11. The molecule has 1 aromatic heterocycles. The molecule has 2 rings (SSSR count). The molecule has 1 unspecified atom stereocenters. The summed E-state index contributed by atoms with van der Waals surface area (Å²) in [5.41, 5.74) is 8.41. The van der Waals surface area contributed by atoms with Crippen molar-refractivity contribution in [3.05, 3.63) is 53.9 Å². The zero-order valence-corrected chi connectivity index (χ0v) is 11.2. The molecule has 1 heterocycles. The third-order valence-electron chi connectivity index (χ3n) is 3.04. The lowest BCUT2D eigenvalue weighted by atomic mass is 10.00. The van der Waals surface area contributed by atoms with E-state index < -0.39 is 0 Å². The zero-order valence-electron chi connectivity index (χ0n) is 11.2. The van der Waals surface area contributed by atoms with Crippen LogP contribution in [-0.4, -0.2) is 19.2 Å². The number of benzene rings is 1. The maximum Gasteiger partial charge on any atom is 0.161 e. The van der Waals surface area contributed by atoms with Crippen molar-refractivity contribution in [2.24, 2.45) is 5.73 Å². The van der Waals surface area contributed by atoms with Gasteiger partial charge >= 0.3 is 0 Å². The summed E-state index contributed by atoms with van der Waals surface area (Å²) in [6, 6.07) is 9.63. The van der Waals surface area contributed by atoms with Crippen molar-refractivity contribution < 1.29 is 9.47 Å². The molecule has 4 nitrogen and oxygen atoms in total. The van der Waals surface area contributed by atoms with E-state index in [-0.39, 0.29) is 6.04 Å². The van der Waals surface area contributed by atoms with Gasteiger partial charge in [0.15, 0.2) is 11.5 Å². The fourth-order valence-electron chi connectivity index (χ4n) is 1.97. The Labute approximate surface area is 113 Å². The van der Waals surface area contributed by atoms with Crippen LogP contribution in [-0.2, 0) is 6.42 Å². The van der Waals surface area contributed by atoms with Crippen molar-refractivity contribution in [2.75, 3.05) is 14.2 Å². The van der Waals surface area contributed by atoms with Crippen molar-refractivity contribution in [3.8, 4) is 11.5 Å². The predicted molar refractivity (Wildman–Crippen MR) is 74.4 cm³/mol. The van der Waals surface area contributed by atoms with Crippen LogP contribution in [0.4, 0.5) is 0 Å². The van der Waals surface area contributed by atoms with Crippen molar-refractivity contribution in [2.45, 2.75) is 12.5 Å². The van der Waals surface area contributed by atoms with Gasteiger partial charge in [-0.25, -0.2) is 0 Å². The van der Waals surface area contributed by atoms with Crippen LogP contribution in [0.25, 0.3) is 0 Å². The van der Waals surface area contributed by atoms with Crippen LogP contribution in [0.1, 0.15) is 17.2 Å². The van der Waals surface area contributed by atoms with E-state index in [1.165, 1.54) is 0 Å². The molecule has 0 bridgehead atoms. The Morgan fingerprint density at radius 1 is 1.05 bits per heavy atom. The Balaban J connectivity index is 2.17. The first-order valence-electron chi connectivity index (χ1n) is 6.11. The predicted octanol–water partition coefficient (Wildman–Crippen LogP) is 2.34. The average Bonchev–Trinajstić information content (AvgIpc) is 2.47. The van der Waals surface area contributed by atoms with Gasteiger partial charge in [-0.1, -0.05) is 6.07 Å². The van der Waals surface area contributed by atoms with Crippen molar-refractivity contribution in [3.63, 3.8) is 0 Å². The summed E-state index contributed by atoms with van der Waals surface area (Å²) in [4.78, 5) is 4.00. The Kier molecular flexibility index (Phi) is 4.36. The van der Waals surface area contributed by atoms with Gasteiger partial charge in [0.2, 0.25) is 0 Å². The van der Waals surface area contributed by atoms with Crippen molar-refractivity contribution in [1.29, 1.82) is 0 Å². The number of rotatable bonds is 5. The van der Waals surface area contributed by atoms with E-state index in [1.807, 2.05) is 30.3 Å². The molecule has 2 aromatic rings. The van der Waals surface area contributed by atoms with Gasteiger partial charge in [0.25, 0.3) is 0 Å². The van der Waals surface area contributed by atoms with Crippen LogP contribution < -0.4 is 15.2 Å². The second-order valence-corrected chi connectivity index (χ2v) is 4.28. The summed E-state index contributed by atoms with van der Waals surface area (Å²) in [5, 5.41) is 0. The molecule has 19 heavy (non-hydrogen) atoms. The Bertz CT molecular complexity index is 529. The normalized spacial score (nSPS) is 11.9. The summed E-state index contributed by atoms with van der Waals surface area (Å²) in [6.45, 7) is 0. The van der Waals surface area contributed by atoms with Crippen LogP contribution in [0, 0.1) is 0 Å². The van der Waals surface area contributed by atoms with Crippen LogP contribution in [0.3, 0.4) is 0 Å². The summed E-state index contributed by atoms with van der Waals surface area (Å²) in [7, 11) is 3.24.